The smallest absolute Gasteiger partial charge is 0.414 e. The number of thioether (sulfide) groups is 1. The number of rotatable bonds is 4. The molecule has 0 amide bonds. The van der Waals surface area contributed by atoms with Gasteiger partial charge in [0.1, 0.15) is 5.82 Å². The van der Waals surface area contributed by atoms with Gasteiger partial charge in [-0.1, -0.05) is 0 Å². The predicted molar refractivity (Wildman–Crippen MR) is 80.3 cm³/mol. The van der Waals surface area contributed by atoms with Crippen LogP contribution in [0.1, 0.15) is 5.56 Å². The van der Waals surface area contributed by atoms with Gasteiger partial charge < -0.3 is 10.2 Å². The molecule has 0 aliphatic rings. The zero-order chi connectivity index (χ0) is 16.4. The highest BCUT2D eigenvalue weighted by atomic mass is 32.2. The summed E-state index contributed by atoms with van der Waals surface area (Å²) in [6.07, 6.45) is 4.61. The molecule has 0 atom stereocenters. The molecule has 2 N–H and O–H groups in total. The molecule has 0 bridgehead atoms. The van der Waals surface area contributed by atoms with Crippen LogP contribution in [0.3, 0.4) is 0 Å². The highest BCUT2D eigenvalue weighted by Gasteiger charge is 2.04. The second-order valence-electron chi connectivity index (χ2n) is 4.02. The molecular formula is C15H14FNO4S. The van der Waals surface area contributed by atoms with Crippen molar-refractivity contribution in [3.05, 3.63) is 60.2 Å². The van der Waals surface area contributed by atoms with Gasteiger partial charge in [-0.2, -0.15) is 0 Å². The molecule has 2 aromatic rings. The number of aliphatic carboxylic acids is 2. The van der Waals surface area contributed by atoms with Crippen LogP contribution in [0.5, 0.6) is 0 Å². The van der Waals surface area contributed by atoms with E-state index in [-0.39, 0.29) is 5.82 Å². The SMILES string of the molecule is Fc1ccc(SCCc2ccncc2)cc1.O=C(O)C(=O)O. The van der Waals surface area contributed by atoms with Crippen molar-refractivity contribution in [2.45, 2.75) is 11.3 Å². The van der Waals surface area contributed by atoms with Crippen molar-refractivity contribution >= 4 is 23.7 Å². The number of carboxylic acids is 2. The van der Waals surface area contributed by atoms with Crippen LogP contribution in [-0.4, -0.2) is 32.9 Å². The Labute approximate surface area is 130 Å². The van der Waals surface area contributed by atoms with Gasteiger partial charge in [0, 0.05) is 23.0 Å². The van der Waals surface area contributed by atoms with Crippen molar-refractivity contribution in [3.63, 3.8) is 0 Å². The third-order valence-electron chi connectivity index (χ3n) is 2.41. The lowest BCUT2D eigenvalue weighted by molar-refractivity contribution is -0.159. The minimum atomic E-state index is -1.82. The summed E-state index contributed by atoms with van der Waals surface area (Å²) in [7, 11) is 0. The summed E-state index contributed by atoms with van der Waals surface area (Å²) in [5.41, 5.74) is 1.28. The first-order chi connectivity index (χ1) is 10.5. The van der Waals surface area contributed by atoms with Crippen LogP contribution in [0, 0.1) is 5.82 Å². The summed E-state index contributed by atoms with van der Waals surface area (Å²) in [5.74, 6) is -2.83. The van der Waals surface area contributed by atoms with Gasteiger partial charge in [0.25, 0.3) is 0 Å². The Bertz CT molecular complexity index is 593. The zero-order valence-corrected chi connectivity index (χ0v) is 12.3. The van der Waals surface area contributed by atoms with Crippen molar-refractivity contribution in [1.82, 2.24) is 4.98 Å². The van der Waals surface area contributed by atoms with Crippen LogP contribution in [0.2, 0.25) is 0 Å². The van der Waals surface area contributed by atoms with Crippen molar-refractivity contribution in [3.8, 4) is 0 Å². The van der Waals surface area contributed by atoms with E-state index in [0.717, 1.165) is 17.1 Å². The van der Waals surface area contributed by atoms with Gasteiger partial charge in [-0.25, -0.2) is 14.0 Å². The molecule has 5 nitrogen and oxygen atoms in total. The number of halogens is 1. The van der Waals surface area contributed by atoms with Gasteiger partial charge in [-0.15, -0.1) is 11.8 Å². The molecule has 0 aliphatic heterocycles. The fourth-order valence-corrected chi connectivity index (χ4v) is 2.27. The summed E-state index contributed by atoms with van der Waals surface area (Å²) >= 11 is 1.74. The predicted octanol–water partition coefficient (Wildman–Crippen LogP) is 2.71. The number of hydrogen-bond donors (Lipinski definition) is 2. The number of pyridine rings is 1. The Morgan fingerprint density at radius 1 is 1.00 bits per heavy atom. The maximum atomic E-state index is 12.7. The zero-order valence-electron chi connectivity index (χ0n) is 11.5. The van der Waals surface area contributed by atoms with Crippen LogP contribution in [0.4, 0.5) is 4.39 Å². The summed E-state index contributed by atoms with van der Waals surface area (Å²) in [4.78, 5) is 23.3. The average molecular weight is 323 g/mol. The number of carbonyl (C=O) groups is 2. The molecule has 116 valence electrons. The van der Waals surface area contributed by atoms with Crippen LogP contribution < -0.4 is 0 Å². The average Bonchev–Trinajstić information content (AvgIpc) is 2.51. The minimum absolute atomic E-state index is 0.182. The fourth-order valence-electron chi connectivity index (χ4n) is 1.37. The lowest BCUT2D eigenvalue weighted by Crippen LogP contribution is -2.09. The molecule has 0 aliphatic carbocycles. The number of nitrogens with zero attached hydrogens (tertiary/aromatic N) is 1. The topological polar surface area (TPSA) is 87.5 Å². The van der Waals surface area contributed by atoms with E-state index in [0.29, 0.717) is 0 Å². The molecule has 22 heavy (non-hydrogen) atoms. The molecule has 1 aromatic heterocycles. The van der Waals surface area contributed by atoms with Gasteiger partial charge in [-0.05, 0) is 48.4 Å². The Hall–Kier alpha value is -2.41. The normalized spacial score (nSPS) is 9.50. The number of benzene rings is 1. The maximum Gasteiger partial charge on any atom is 0.414 e. The fraction of sp³-hybridized carbons (Fsp3) is 0.133. The molecular weight excluding hydrogens is 309 g/mol. The van der Waals surface area contributed by atoms with Crippen LogP contribution in [0.15, 0.2) is 53.7 Å². The Morgan fingerprint density at radius 2 is 1.55 bits per heavy atom. The van der Waals surface area contributed by atoms with Gasteiger partial charge in [0.2, 0.25) is 0 Å². The highest BCUT2D eigenvalue weighted by molar-refractivity contribution is 7.99. The molecule has 0 fully saturated rings. The molecule has 0 spiro atoms. The Kier molecular flexibility index (Phi) is 7.63. The van der Waals surface area contributed by atoms with E-state index in [1.807, 2.05) is 24.3 Å². The van der Waals surface area contributed by atoms with Crippen molar-refractivity contribution < 1.29 is 24.2 Å². The first-order valence-corrected chi connectivity index (χ1v) is 7.21. The second-order valence-corrected chi connectivity index (χ2v) is 5.19. The lowest BCUT2D eigenvalue weighted by atomic mass is 10.2. The van der Waals surface area contributed by atoms with Crippen molar-refractivity contribution in [2.75, 3.05) is 5.75 Å². The molecule has 0 saturated carbocycles. The minimum Gasteiger partial charge on any atom is -0.473 e. The van der Waals surface area contributed by atoms with E-state index in [2.05, 4.69) is 4.98 Å². The van der Waals surface area contributed by atoms with Crippen LogP contribution in [0.25, 0.3) is 0 Å². The Balaban J connectivity index is 0.000000346. The monoisotopic (exact) mass is 323 g/mol. The standard InChI is InChI=1S/C13H12FNS.C2H2O4/c14-12-1-3-13(4-2-12)16-10-7-11-5-8-15-9-6-11;3-1(4)2(5)6/h1-6,8-9H,7,10H2;(H,3,4)(H,5,6). The van der Waals surface area contributed by atoms with Crippen LogP contribution >= 0.6 is 11.8 Å². The van der Waals surface area contributed by atoms with Gasteiger partial charge in [0.05, 0.1) is 0 Å². The molecule has 0 unspecified atom stereocenters. The van der Waals surface area contributed by atoms with E-state index >= 15 is 0 Å². The molecule has 0 saturated heterocycles. The molecule has 7 heteroatoms. The number of aromatic nitrogens is 1. The van der Waals surface area contributed by atoms with E-state index in [4.69, 9.17) is 19.8 Å². The maximum absolute atomic E-state index is 12.7. The summed E-state index contributed by atoms with van der Waals surface area (Å²) in [5, 5.41) is 14.8. The van der Waals surface area contributed by atoms with Crippen molar-refractivity contribution in [1.29, 1.82) is 0 Å². The summed E-state index contributed by atoms with van der Waals surface area (Å²) in [6, 6.07) is 10.7. The number of aryl methyl sites for hydroxylation is 1. The highest BCUT2D eigenvalue weighted by Crippen LogP contribution is 2.19. The molecule has 1 aromatic carbocycles. The first kappa shape index (κ1) is 17.6. The largest absolute Gasteiger partial charge is 0.473 e. The third kappa shape index (κ3) is 7.39. The van der Waals surface area contributed by atoms with Gasteiger partial charge in [0.15, 0.2) is 0 Å². The molecule has 0 radical (unpaired) electrons. The number of hydrogen-bond acceptors (Lipinski definition) is 4. The molecule has 2 rings (SSSR count). The number of carboxylic acid groups (broad SMARTS) is 2. The summed E-state index contributed by atoms with van der Waals surface area (Å²) in [6.45, 7) is 0. The third-order valence-corrected chi connectivity index (χ3v) is 3.42. The van der Waals surface area contributed by atoms with E-state index in [1.54, 1.807) is 24.2 Å². The van der Waals surface area contributed by atoms with Gasteiger partial charge >= 0.3 is 11.9 Å². The summed E-state index contributed by atoms with van der Waals surface area (Å²) < 4.78 is 12.7. The lowest BCUT2D eigenvalue weighted by Gasteiger charge is -2.01. The van der Waals surface area contributed by atoms with Crippen molar-refractivity contribution in [2.24, 2.45) is 0 Å². The molecule has 1 heterocycles. The first-order valence-electron chi connectivity index (χ1n) is 6.22. The van der Waals surface area contributed by atoms with E-state index in [1.165, 1.54) is 17.7 Å². The quantitative estimate of drug-likeness (QED) is 0.664. The van der Waals surface area contributed by atoms with E-state index in [9.17, 15) is 4.39 Å². The van der Waals surface area contributed by atoms with Crippen LogP contribution in [-0.2, 0) is 16.0 Å². The Morgan fingerprint density at radius 3 is 2.05 bits per heavy atom. The van der Waals surface area contributed by atoms with E-state index < -0.39 is 11.9 Å². The second kappa shape index (κ2) is 9.51. The van der Waals surface area contributed by atoms with Gasteiger partial charge in [-0.3, -0.25) is 4.98 Å².